The Labute approximate surface area is 547 Å². The Balaban J connectivity index is 0.000000128. The molecule has 94 heavy (non-hydrogen) atoms. The van der Waals surface area contributed by atoms with Crippen LogP contribution in [0.1, 0.15) is 141 Å². The lowest BCUT2D eigenvalue weighted by Crippen LogP contribution is -2.54. The molecular formula is C67H56N6O18S3. The molecule has 480 valence electrons. The number of carboxylic acid groups (broad SMARTS) is 3. The van der Waals surface area contributed by atoms with E-state index < -0.39 is 87.2 Å². The number of fused-ring (bicyclic) bond motifs is 6. The fraction of sp³-hybridized carbons (Fsp3) is 0.328. The van der Waals surface area contributed by atoms with Crippen molar-refractivity contribution in [2.24, 2.45) is 11.8 Å². The number of ketones is 6. The fourth-order valence-corrected chi connectivity index (χ4v) is 17.0. The van der Waals surface area contributed by atoms with Gasteiger partial charge in [-0.3, -0.25) is 52.9 Å². The van der Waals surface area contributed by atoms with Crippen LogP contribution in [-0.4, -0.2) is 189 Å². The number of thioether (sulfide) groups is 3. The number of Topliss-reactive ketones (excluding diaryl/α,β-unsaturated/α-hetero) is 6. The Hall–Kier alpha value is -9.60. The number of piperidine rings is 3. The molecular weight excluding hydrogens is 1270 g/mol. The van der Waals surface area contributed by atoms with Crippen LogP contribution < -0.4 is 0 Å². The number of allylic oxidation sites excluding steroid dienone is 3. The Bertz CT molecular complexity index is 4100. The van der Waals surface area contributed by atoms with Crippen LogP contribution >= 0.6 is 35.3 Å². The third kappa shape index (κ3) is 11.3. The van der Waals surface area contributed by atoms with Gasteiger partial charge in [0, 0.05) is 153 Å². The molecule has 10 aliphatic rings. The van der Waals surface area contributed by atoms with Crippen LogP contribution in [0.5, 0.6) is 0 Å². The molecule has 15 rings (SSSR count). The van der Waals surface area contributed by atoms with E-state index in [-0.39, 0.29) is 34.3 Å². The first-order valence-corrected chi connectivity index (χ1v) is 33.2. The molecule has 8 heterocycles. The number of pyridine rings is 1. The van der Waals surface area contributed by atoms with E-state index in [4.69, 9.17) is 14.2 Å². The molecule has 0 radical (unpaired) electrons. The molecule has 4 fully saturated rings. The molecule has 2 aromatic heterocycles. The van der Waals surface area contributed by atoms with Gasteiger partial charge in [0.05, 0.1) is 23.0 Å². The zero-order valence-corrected chi connectivity index (χ0v) is 52.3. The molecule has 24 nitrogen and oxygen atoms in total. The smallest absolute Gasteiger partial charge is 0.356 e. The second-order valence-electron chi connectivity index (χ2n) is 24.1. The van der Waals surface area contributed by atoms with Crippen molar-refractivity contribution < 1.29 is 87.1 Å². The molecule has 3 aromatic carbocycles. The Morgan fingerprint density at radius 2 is 0.798 bits per heavy atom. The number of amides is 3. The number of aliphatic carboxylic acids is 1. The molecule has 27 heteroatoms. The quantitative estimate of drug-likeness (QED) is 0.143. The van der Waals surface area contributed by atoms with E-state index in [9.17, 15) is 72.9 Å². The minimum atomic E-state index is -1.31. The molecule has 3 saturated heterocycles. The van der Waals surface area contributed by atoms with Crippen LogP contribution in [0.25, 0.3) is 17.3 Å². The minimum absolute atomic E-state index is 0.0604. The second kappa shape index (κ2) is 25.0. The summed E-state index contributed by atoms with van der Waals surface area (Å²) in [5.74, 6) is -5.53. The molecule has 6 aliphatic heterocycles. The Morgan fingerprint density at radius 3 is 1.17 bits per heavy atom. The maximum Gasteiger partial charge on any atom is 0.356 e. The Morgan fingerprint density at radius 1 is 0.426 bits per heavy atom. The third-order valence-corrected chi connectivity index (χ3v) is 22.7. The predicted molar refractivity (Wildman–Crippen MR) is 337 cm³/mol. The summed E-state index contributed by atoms with van der Waals surface area (Å²) < 4.78 is 19.2. The number of hydrogen-bond acceptors (Lipinski definition) is 21. The highest BCUT2D eigenvalue weighted by Crippen LogP contribution is 2.51. The number of carboxylic acids is 3. The highest BCUT2D eigenvalue weighted by Gasteiger charge is 2.52. The summed E-state index contributed by atoms with van der Waals surface area (Å²) >= 11 is 4.02. The summed E-state index contributed by atoms with van der Waals surface area (Å²) in [6, 6.07) is 22.1. The number of nitrogens with zero attached hydrogens (tertiary/aromatic N) is 6. The summed E-state index contributed by atoms with van der Waals surface area (Å²) in [6.45, 7) is 2.44. The number of likely N-dealkylation sites (tertiary alicyclic amines) is 3. The van der Waals surface area contributed by atoms with Crippen molar-refractivity contribution in [1.82, 2.24) is 29.7 Å². The first kappa shape index (κ1) is 63.2. The topological polar surface area (TPSA) is 342 Å². The van der Waals surface area contributed by atoms with Gasteiger partial charge in [-0.1, -0.05) is 72.8 Å². The monoisotopic (exact) mass is 1330 g/mol. The molecule has 1 saturated carbocycles. The number of rotatable bonds is 6. The minimum Gasteiger partial charge on any atom is -0.484 e. The van der Waals surface area contributed by atoms with Crippen molar-refractivity contribution in [3.63, 3.8) is 0 Å². The number of benzene rings is 3. The van der Waals surface area contributed by atoms with Crippen molar-refractivity contribution in [3.8, 4) is 0 Å². The van der Waals surface area contributed by atoms with E-state index in [2.05, 4.69) is 15.0 Å². The Kier molecular flexibility index (Phi) is 16.8. The van der Waals surface area contributed by atoms with Gasteiger partial charge in [-0.2, -0.15) is 0 Å². The van der Waals surface area contributed by atoms with Crippen LogP contribution in [0.4, 0.5) is 0 Å². The maximum absolute atomic E-state index is 13.0. The average Bonchev–Trinajstić information content (AvgIpc) is 0.756. The molecule has 5 aromatic rings. The van der Waals surface area contributed by atoms with Crippen LogP contribution in [0.3, 0.4) is 0 Å². The standard InChI is InChI=1S/C23H18N2O6S.C22H17N3O6S.C22H21NO6S/c26-17-13-3-1-2-4-14(13)19-20(18(17)27)32-12-23(31-19)6-9-25(10-7-23)21(28)16-11-24-8-5-15(16)22(29)30;26-16-12-3-1-2-4-13(12)18-19(17(16)27)32-11-22(31-18)5-9-25(10-6-22)20(28)14-15(21(29)30)24-8-7-23-14;24-16-12-3-1-2-4-13(12)18-19(17(16)25)30-11-22(29-18)7-9-23(10-8-22)20(26)14-5-6-15(14)21(27)28/h1-5,8,11H,6-7,9-10,12H2,(H,29,30);1-4,7-8H,5-6,9-11H2,(H,29,30);1-4,14-15H,5-11H2,(H,27,28). The second-order valence-corrected chi connectivity index (χ2v) is 27.1. The van der Waals surface area contributed by atoms with Crippen molar-refractivity contribution in [1.29, 1.82) is 0 Å². The van der Waals surface area contributed by atoms with Crippen molar-refractivity contribution in [3.05, 3.63) is 174 Å². The highest BCUT2D eigenvalue weighted by atomic mass is 32.2. The summed E-state index contributed by atoms with van der Waals surface area (Å²) in [4.78, 5) is 165. The van der Waals surface area contributed by atoms with Gasteiger partial charge in [0.15, 0.2) is 11.4 Å². The molecule has 3 spiro atoms. The lowest BCUT2D eigenvalue weighted by Gasteiger charge is -2.46. The summed E-state index contributed by atoms with van der Waals surface area (Å²) in [5, 5.41) is 27.9. The zero-order chi connectivity index (χ0) is 66.0. The van der Waals surface area contributed by atoms with Gasteiger partial charge in [-0.25, -0.2) is 19.6 Å². The van der Waals surface area contributed by atoms with E-state index in [1.165, 1.54) is 66.1 Å². The number of aromatic carboxylic acids is 2. The molecule has 2 unspecified atom stereocenters. The van der Waals surface area contributed by atoms with Crippen LogP contribution in [0, 0.1) is 11.8 Å². The van der Waals surface area contributed by atoms with Crippen LogP contribution in [-0.2, 0) is 38.2 Å². The summed E-state index contributed by atoms with van der Waals surface area (Å²) in [6.07, 6.45) is 9.60. The van der Waals surface area contributed by atoms with E-state index >= 15 is 0 Å². The molecule has 0 bridgehead atoms. The zero-order valence-electron chi connectivity index (χ0n) is 49.9. The van der Waals surface area contributed by atoms with Gasteiger partial charge in [0.2, 0.25) is 40.6 Å². The normalized spacial score (nSPS) is 21.8. The van der Waals surface area contributed by atoms with Gasteiger partial charge >= 0.3 is 17.9 Å². The van der Waals surface area contributed by atoms with Crippen molar-refractivity contribution >= 4 is 123 Å². The summed E-state index contributed by atoms with van der Waals surface area (Å²) in [7, 11) is 0. The lowest BCUT2D eigenvalue weighted by atomic mass is 9.72. The third-order valence-electron chi connectivity index (χ3n) is 18.7. The highest BCUT2D eigenvalue weighted by molar-refractivity contribution is 8.05. The van der Waals surface area contributed by atoms with E-state index in [1.54, 1.807) is 81.4 Å². The van der Waals surface area contributed by atoms with Gasteiger partial charge in [0.1, 0.15) is 48.8 Å². The first-order chi connectivity index (χ1) is 45.2. The number of carbonyl (C=O) groups excluding carboxylic acids is 9. The largest absolute Gasteiger partial charge is 0.484 e. The first-order valence-electron chi connectivity index (χ1n) is 30.3. The van der Waals surface area contributed by atoms with E-state index in [1.807, 2.05) is 6.07 Å². The number of hydrogen-bond donors (Lipinski definition) is 3. The number of carbonyl (C=O) groups is 12. The fourth-order valence-electron chi connectivity index (χ4n) is 13.2. The number of aromatic nitrogens is 3. The number of ether oxygens (including phenoxy) is 3. The van der Waals surface area contributed by atoms with Crippen LogP contribution in [0.2, 0.25) is 0 Å². The van der Waals surface area contributed by atoms with E-state index in [0.29, 0.717) is 173 Å². The van der Waals surface area contributed by atoms with Gasteiger partial charge in [-0.05, 0) is 18.9 Å². The molecule has 3 amide bonds. The maximum atomic E-state index is 13.0. The molecule has 2 atom stereocenters. The van der Waals surface area contributed by atoms with Gasteiger partial charge in [-0.15, -0.1) is 35.3 Å². The lowest BCUT2D eigenvalue weighted by molar-refractivity contribution is -0.158. The van der Waals surface area contributed by atoms with E-state index in [0.717, 1.165) is 0 Å². The summed E-state index contributed by atoms with van der Waals surface area (Å²) in [5.41, 5.74) is 0.703. The SMILES string of the molecule is O=C1C(=O)c2ccccc2C2=C1SCC1(CCN(C(=O)C3CCC3C(=O)O)CC1)O2.O=C1C(=O)c2ccccc2C2=C1SCC1(CCN(C(=O)c3cnccc3C(=O)O)CC1)O2.O=C1C(=O)c2ccccc2C2=C1SCC1(CCN(C(=O)c3nccnc3C(=O)O)CC1)O2. The van der Waals surface area contributed by atoms with Gasteiger partial charge < -0.3 is 44.2 Å². The average molecular weight is 1330 g/mol. The van der Waals surface area contributed by atoms with Crippen molar-refractivity contribution in [2.45, 2.75) is 68.2 Å². The van der Waals surface area contributed by atoms with Gasteiger partial charge in [0.25, 0.3) is 11.8 Å². The molecule has 4 aliphatic carbocycles. The molecule has 3 N–H and O–H groups in total. The van der Waals surface area contributed by atoms with Crippen LogP contribution in [0.15, 0.2) is 118 Å². The predicted octanol–water partition coefficient (Wildman–Crippen LogP) is 7.06. The van der Waals surface area contributed by atoms with Crippen molar-refractivity contribution in [2.75, 3.05) is 56.5 Å².